The van der Waals surface area contributed by atoms with E-state index in [1.54, 1.807) is 29.8 Å². The van der Waals surface area contributed by atoms with Gasteiger partial charge in [-0.25, -0.2) is 9.48 Å². The van der Waals surface area contributed by atoms with Crippen molar-refractivity contribution in [2.75, 3.05) is 5.32 Å². The minimum atomic E-state index is -0.276. The Balaban J connectivity index is 1.67. The first-order valence-corrected chi connectivity index (χ1v) is 8.73. The summed E-state index contributed by atoms with van der Waals surface area (Å²) in [6, 6.07) is 4.69. The van der Waals surface area contributed by atoms with E-state index in [1.165, 1.54) is 11.6 Å². The Morgan fingerprint density at radius 3 is 2.77 bits per heavy atom. The summed E-state index contributed by atoms with van der Waals surface area (Å²) < 4.78 is 2.99. The van der Waals surface area contributed by atoms with Gasteiger partial charge < -0.3 is 10.6 Å². The molecule has 0 aliphatic carbocycles. The van der Waals surface area contributed by atoms with Gasteiger partial charge in [-0.15, -0.1) is 0 Å². The number of amides is 2. The topological polar surface area (TPSA) is 98.0 Å². The molecular weight excluding hydrogens is 358 g/mol. The van der Waals surface area contributed by atoms with Crippen LogP contribution in [-0.4, -0.2) is 32.2 Å². The number of hydrogen-bond acceptors (Lipinski definition) is 4. The first-order chi connectivity index (χ1) is 12.3. The number of anilines is 1. The molecule has 3 rings (SSSR count). The Labute approximate surface area is 155 Å². The number of aryl methyl sites for hydroxylation is 2. The summed E-state index contributed by atoms with van der Waals surface area (Å²) in [5.74, 6) is 0.258. The third kappa shape index (κ3) is 3.80. The van der Waals surface area contributed by atoms with Crippen LogP contribution in [0.15, 0.2) is 23.0 Å². The predicted molar refractivity (Wildman–Crippen MR) is 97.4 cm³/mol. The number of carbonyl (C=O) groups is 2. The summed E-state index contributed by atoms with van der Waals surface area (Å²) in [6.07, 6.45) is 1.96. The lowest BCUT2D eigenvalue weighted by molar-refractivity contribution is -0.114. The molecule has 26 heavy (non-hydrogen) atoms. The fourth-order valence-corrected chi connectivity index (χ4v) is 3.35. The van der Waals surface area contributed by atoms with Crippen LogP contribution in [0.5, 0.6) is 0 Å². The lowest BCUT2D eigenvalue weighted by Crippen LogP contribution is -2.36. The van der Waals surface area contributed by atoms with Crippen LogP contribution in [0.1, 0.15) is 35.9 Å². The highest BCUT2D eigenvalue weighted by molar-refractivity contribution is 6.34. The number of carbonyl (C=O) groups excluding carboxylic acids is 2. The zero-order valence-electron chi connectivity index (χ0n) is 14.6. The van der Waals surface area contributed by atoms with Gasteiger partial charge >= 0.3 is 5.69 Å². The van der Waals surface area contributed by atoms with Gasteiger partial charge in [0.15, 0.2) is 0 Å². The van der Waals surface area contributed by atoms with Crippen molar-refractivity contribution in [1.82, 2.24) is 19.7 Å². The molecule has 1 atom stereocenters. The number of aromatic nitrogens is 3. The molecule has 1 aromatic carbocycles. The van der Waals surface area contributed by atoms with E-state index in [2.05, 4.69) is 15.7 Å². The Kier molecular flexibility index (Phi) is 5.13. The monoisotopic (exact) mass is 377 g/mol. The molecule has 138 valence electrons. The van der Waals surface area contributed by atoms with E-state index < -0.39 is 0 Å². The van der Waals surface area contributed by atoms with Crippen LogP contribution in [0.4, 0.5) is 5.69 Å². The van der Waals surface area contributed by atoms with Gasteiger partial charge in [0, 0.05) is 38.7 Å². The molecule has 9 heteroatoms. The smallest absolute Gasteiger partial charge is 0.345 e. The number of nitrogens with zero attached hydrogens (tertiary/aromatic N) is 3. The number of nitrogens with one attached hydrogen (secondary N) is 2. The van der Waals surface area contributed by atoms with Gasteiger partial charge in [-0.2, -0.15) is 5.10 Å². The Bertz CT molecular complexity index is 918. The SMILES string of the molecule is CC(=O)Nc1ccc(C(=O)NC2CCc3nn(C)c(=O)n3CC2)c(Cl)c1. The largest absolute Gasteiger partial charge is 0.349 e. The maximum absolute atomic E-state index is 12.5. The number of hydrogen-bond donors (Lipinski definition) is 2. The summed E-state index contributed by atoms with van der Waals surface area (Å²) in [6.45, 7) is 1.92. The molecule has 0 saturated heterocycles. The quantitative estimate of drug-likeness (QED) is 0.843. The van der Waals surface area contributed by atoms with Crippen LogP contribution in [0.25, 0.3) is 0 Å². The molecule has 1 unspecified atom stereocenters. The number of halogens is 1. The summed E-state index contributed by atoms with van der Waals surface area (Å²) in [7, 11) is 1.63. The summed E-state index contributed by atoms with van der Waals surface area (Å²) >= 11 is 6.18. The molecule has 0 saturated carbocycles. The lowest BCUT2D eigenvalue weighted by Gasteiger charge is -2.17. The normalized spacial score (nSPS) is 16.5. The fraction of sp³-hybridized carbons (Fsp3) is 0.412. The Morgan fingerprint density at radius 1 is 1.31 bits per heavy atom. The van der Waals surface area contributed by atoms with Crippen molar-refractivity contribution in [3.63, 3.8) is 0 Å². The third-order valence-corrected chi connectivity index (χ3v) is 4.68. The summed E-state index contributed by atoms with van der Waals surface area (Å²) in [5, 5.41) is 10.1. The molecule has 0 spiro atoms. The molecule has 2 heterocycles. The van der Waals surface area contributed by atoms with Gasteiger partial charge in [-0.05, 0) is 31.0 Å². The molecule has 2 aromatic rings. The lowest BCUT2D eigenvalue weighted by atomic mass is 10.1. The molecule has 1 aliphatic rings. The maximum atomic E-state index is 12.5. The van der Waals surface area contributed by atoms with Crippen LogP contribution >= 0.6 is 11.6 Å². The fourth-order valence-electron chi connectivity index (χ4n) is 3.09. The highest BCUT2D eigenvalue weighted by atomic mass is 35.5. The molecule has 8 nitrogen and oxygen atoms in total. The third-order valence-electron chi connectivity index (χ3n) is 4.37. The molecule has 0 bridgehead atoms. The zero-order valence-corrected chi connectivity index (χ0v) is 15.3. The van der Waals surface area contributed by atoms with Crippen molar-refractivity contribution in [2.45, 2.75) is 38.8 Å². The second-order valence-corrected chi connectivity index (χ2v) is 6.75. The molecule has 2 N–H and O–H groups in total. The van der Waals surface area contributed by atoms with Crippen molar-refractivity contribution in [1.29, 1.82) is 0 Å². The van der Waals surface area contributed by atoms with Gasteiger partial charge in [0.1, 0.15) is 5.82 Å². The minimum absolute atomic E-state index is 0.0695. The highest BCUT2D eigenvalue weighted by Crippen LogP contribution is 2.22. The summed E-state index contributed by atoms with van der Waals surface area (Å²) in [5.41, 5.74) is 0.747. The second kappa shape index (κ2) is 7.33. The van der Waals surface area contributed by atoms with Crippen molar-refractivity contribution >= 4 is 29.1 Å². The maximum Gasteiger partial charge on any atom is 0.345 e. The van der Waals surface area contributed by atoms with Crippen molar-refractivity contribution < 1.29 is 9.59 Å². The average Bonchev–Trinajstić information content (AvgIpc) is 2.72. The number of rotatable bonds is 3. The van der Waals surface area contributed by atoms with Crippen LogP contribution in [0, 0.1) is 0 Å². The van der Waals surface area contributed by atoms with E-state index >= 15 is 0 Å². The van der Waals surface area contributed by atoms with Crippen molar-refractivity contribution in [2.24, 2.45) is 7.05 Å². The van der Waals surface area contributed by atoms with Crippen LogP contribution in [0.3, 0.4) is 0 Å². The van der Waals surface area contributed by atoms with E-state index in [-0.39, 0.29) is 28.6 Å². The van der Waals surface area contributed by atoms with E-state index in [9.17, 15) is 14.4 Å². The Morgan fingerprint density at radius 2 is 2.08 bits per heavy atom. The zero-order chi connectivity index (χ0) is 18.8. The van der Waals surface area contributed by atoms with E-state index in [0.717, 1.165) is 5.82 Å². The molecule has 0 fully saturated rings. The van der Waals surface area contributed by atoms with Gasteiger partial charge in [0.05, 0.1) is 10.6 Å². The minimum Gasteiger partial charge on any atom is -0.349 e. The second-order valence-electron chi connectivity index (χ2n) is 6.35. The molecule has 1 aliphatic heterocycles. The molecule has 2 amide bonds. The van der Waals surface area contributed by atoms with Gasteiger partial charge in [0.2, 0.25) is 5.91 Å². The average molecular weight is 378 g/mol. The van der Waals surface area contributed by atoms with Gasteiger partial charge in [0.25, 0.3) is 5.91 Å². The van der Waals surface area contributed by atoms with E-state index in [0.29, 0.717) is 37.1 Å². The van der Waals surface area contributed by atoms with Crippen molar-refractivity contribution in [3.8, 4) is 0 Å². The first-order valence-electron chi connectivity index (χ1n) is 8.36. The molecule has 0 radical (unpaired) electrons. The van der Waals surface area contributed by atoms with Gasteiger partial charge in [-0.1, -0.05) is 11.6 Å². The van der Waals surface area contributed by atoms with Crippen LogP contribution in [0.2, 0.25) is 5.02 Å². The first kappa shape index (κ1) is 18.2. The highest BCUT2D eigenvalue weighted by Gasteiger charge is 2.22. The van der Waals surface area contributed by atoms with Gasteiger partial charge in [-0.3, -0.25) is 14.2 Å². The van der Waals surface area contributed by atoms with E-state index in [4.69, 9.17) is 11.6 Å². The van der Waals surface area contributed by atoms with E-state index in [1.807, 2.05) is 0 Å². The predicted octanol–water partition coefficient (Wildman–Crippen LogP) is 1.33. The van der Waals surface area contributed by atoms with Crippen LogP contribution in [-0.2, 0) is 24.8 Å². The standard InChI is InChI=1S/C17H20ClN5O3/c1-10(24)19-12-3-5-13(14(18)9-12)16(25)20-11-4-6-15-21-22(2)17(26)23(15)8-7-11/h3,5,9,11H,4,6-8H2,1-2H3,(H,19,24)(H,20,25). The number of fused-ring (bicyclic) bond motifs is 1. The Hall–Kier alpha value is -2.61. The molecular formula is C17H20ClN5O3. The van der Waals surface area contributed by atoms with Crippen LogP contribution < -0.4 is 16.3 Å². The number of benzene rings is 1. The van der Waals surface area contributed by atoms with Crippen molar-refractivity contribution in [3.05, 3.63) is 45.1 Å². The summed E-state index contributed by atoms with van der Waals surface area (Å²) in [4.78, 5) is 35.6. The molecule has 1 aromatic heterocycles.